The summed E-state index contributed by atoms with van der Waals surface area (Å²) in [5.41, 5.74) is 2.41. The van der Waals surface area contributed by atoms with E-state index in [4.69, 9.17) is 0 Å². The van der Waals surface area contributed by atoms with Crippen molar-refractivity contribution in [1.29, 1.82) is 0 Å². The zero-order valence-electron chi connectivity index (χ0n) is 11.3. The molecule has 1 nitrogen and oxygen atoms in total. The van der Waals surface area contributed by atoms with Gasteiger partial charge in [0.2, 0.25) is 0 Å². The van der Waals surface area contributed by atoms with Crippen molar-refractivity contribution in [3.63, 3.8) is 0 Å². The smallest absolute Gasteiger partial charge is 0.126 e. The molecule has 0 bridgehead atoms. The van der Waals surface area contributed by atoms with Crippen molar-refractivity contribution in [3.05, 3.63) is 58.9 Å². The van der Waals surface area contributed by atoms with Crippen LogP contribution in [0.15, 0.2) is 46.2 Å². The molecule has 0 aliphatic heterocycles. The topological polar surface area (TPSA) is 20.2 Å². The highest BCUT2D eigenvalue weighted by atomic mass is 32.2. The van der Waals surface area contributed by atoms with Gasteiger partial charge in [-0.2, -0.15) is 0 Å². The third-order valence-corrected chi connectivity index (χ3v) is 4.31. The van der Waals surface area contributed by atoms with E-state index in [9.17, 15) is 9.50 Å². The van der Waals surface area contributed by atoms with Crippen molar-refractivity contribution in [2.75, 3.05) is 0 Å². The van der Waals surface area contributed by atoms with Gasteiger partial charge in [0.25, 0.3) is 0 Å². The molecule has 2 aromatic rings. The second kappa shape index (κ2) is 5.76. The molecule has 19 heavy (non-hydrogen) atoms. The lowest BCUT2D eigenvalue weighted by Crippen LogP contribution is -1.97. The summed E-state index contributed by atoms with van der Waals surface area (Å²) in [5.74, 6) is -0.273. The molecule has 0 aliphatic carbocycles. The fourth-order valence-electron chi connectivity index (χ4n) is 1.87. The average Bonchev–Trinajstić information content (AvgIpc) is 2.36. The van der Waals surface area contributed by atoms with Gasteiger partial charge in [0.1, 0.15) is 5.82 Å². The van der Waals surface area contributed by atoms with Crippen molar-refractivity contribution >= 4 is 11.8 Å². The maximum absolute atomic E-state index is 13.6. The van der Waals surface area contributed by atoms with Gasteiger partial charge in [0.15, 0.2) is 0 Å². The maximum Gasteiger partial charge on any atom is 0.126 e. The Bertz CT molecular complexity index is 593. The van der Waals surface area contributed by atoms with E-state index in [1.807, 2.05) is 31.2 Å². The van der Waals surface area contributed by atoms with E-state index in [2.05, 4.69) is 0 Å². The quantitative estimate of drug-likeness (QED) is 0.880. The second-order valence-electron chi connectivity index (χ2n) is 4.68. The number of aliphatic hydroxyl groups excluding tert-OH is 1. The highest BCUT2D eigenvalue weighted by Crippen LogP contribution is 2.36. The van der Waals surface area contributed by atoms with Gasteiger partial charge in [-0.05, 0) is 55.7 Å². The molecule has 2 aromatic carbocycles. The Morgan fingerprint density at radius 3 is 2.37 bits per heavy atom. The van der Waals surface area contributed by atoms with E-state index in [1.54, 1.807) is 31.7 Å². The molecule has 1 N–H and O–H groups in total. The predicted molar refractivity (Wildman–Crippen MR) is 77.1 cm³/mol. The van der Waals surface area contributed by atoms with Crippen LogP contribution in [-0.2, 0) is 0 Å². The van der Waals surface area contributed by atoms with E-state index in [-0.39, 0.29) is 5.82 Å². The number of aryl methyl sites for hydroxylation is 2. The molecule has 1 atom stereocenters. The van der Waals surface area contributed by atoms with Crippen molar-refractivity contribution < 1.29 is 9.50 Å². The second-order valence-corrected chi connectivity index (χ2v) is 5.77. The molecule has 100 valence electrons. The van der Waals surface area contributed by atoms with Crippen LogP contribution in [0.25, 0.3) is 0 Å². The lowest BCUT2D eigenvalue weighted by molar-refractivity contribution is 0.196. The highest BCUT2D eigenvalue weighted by Gasteiger charge is 2.13. The molecule has 0 spiro atoms. The molecule has 0 saturated carbocycles. The van der Waals surface area contributed by atoms with Crippen LogP contribution in [0, 0.1) is 19.7 Å². The normalized spacial score (nSPS) is 12.5. The lowest BCUT2D eigenvalue weighted by atomic mass is 10.1. The minimum Gasteiger partial charge on any atom is -0.389 e. The molecule has 0 aliphatic rings. The van der Waals surface area contributed by atoms with E-state index >= 15 is 0 Å². The standard InChI is InChI=1S/C16H17FOS/c1-10-6-4-5-7-15(10)19-16-8-11(2)14(17)9-13(16)12(3)18/h4-9,12,18H,1-3H3. The average molecular weight is 276 g/mol. The van der Waals surface area contributed by atoms with E-state index < -0.39 is 6.10 Å². The number of halogens is 1. The Balaban J connectivity index is 2.45. The molecule has 1 unspecified atom stereocenters. The lowest BCUT2D eigenvalue weighted by Gasteiger charge is -2.14. The third kappa shape index (κ3) is 3.17. The van der Waals surface area contributed by atoms with E-state index in [0.717, 1.165) is 9.79 Å². The van der Waals surface area contributed by atoms with Gasteiger partial charge in [-0.1, -0.05) is 30.0 Å². The fourth-order valence-corrected chi connectivity index (χ4v) is 3.07. The molecule has 2 rings (SSSR count). The van der Waals surface area contributed by atoms with Gasteiger partial charge in [-0.3, -0.25) is 0 Å². The van der Waals surface area contributed by atoms with E-state index in [0.29, 0.717) is 11.1 Å². The maximum atomic E-state index is 13.6. The molecule has 0 fully saturated rings. The Morgan fingerprint density at radius 1 is 1.05 bits per heavy atom. The van der Waals surface area contributed by atoms with Crippen LogP contribution in [0.3, 0.4) is 0 Å². The minimum absolute atomic E-state index is 0.273. The number of hydrogen-bond acceptors (Lipinski definition) is 2. The predicted octanol–water partition coefficient (Wildman–Crippen LogP) is 4.65. The summed E-state index contributed by atoms with van der Waals surface area (Å²) >= 11 is 1.57. The zero-order chi connectivity index (χ0) is 14.0. The number of benzene rings is 2. The van der Waals surface area contributed by atoms with Crippen molar-refractivity contribution in [1.82, 2.24) is 0 Å². The van der Waals surface area contributed by atoms with Gasteiger partial charge in [-0.25, -0.2) is 4.39 Å². The van der Waals surface area contributed by atoms with Gasteiger partial charge in [0, 0.05) is 9.79 Å². The Morgan fingerprint density at radius 2 is 1.74 bits per heavy atom. The van der Waals surface area contributed by atoms with E-state index in [1.165, 1.54) is 11.6 Å². The zero-order valence-corrected chi connectivity index (χ0v) is 12.1. The molecule has 0 radical (unpaired) electrons. The third-order valence-electron chi connectivity index (χ3n) is 3.05. The summed E-state index contributed by atoms with van der Waals surface area (Å²) in [7, 11) is 0. The summed E-state index contributed by atoms with van der Waals surface area (Å²) in [4.78, 5) is 2.03. The molecule has 0 aromatic heterocycles. The van der Waals surface area contributed by atoms with Gasteiger partial charge >= 0.3 is 0 Å². The van der Waals surface area contributed by atoms with Gasteiger partial charge in [-0.15, -0.1) is 0 Å². The van der Waals surface area contributed by atoms with Crippen LogP contribution in [0.5, 0.6) is 0 Å². The summed E-state index contributed by atoms with van der Waals surface area (Å²) in [6, 6.07) is 11.3. The minimum atomic E-state index is -0.679. The number of rotatable bonds is 3. The Kier molecular flexibility index (Phi) is 4.27. The first kappa shape index (κ1) is 14.1. The van der Waals surface area contributed by atoms with Gasteiger partial charge < -0.3 is 5.11 Å². The SMILES string of the molecule is Cc1cc(Sc2ccccc2C)c(C(C)O)cc1F. The van der Waals surface area contributed by atoms with Crippen LogP contribution in [-0.4, -0.2) is 5.11 Å². The molecular formula is C16H17FOS. The van der Waals surface area contributed by atoms with Crippen molar-refractivity contribution in [2.45, 2.75) is 36.7 Å². The Labute approximate surface area is 117 Å². The Hall–Kier alpha value is -1.32. The highest BCUT2D eigenvalue weighted by molar-refractivity contribution is 7.99. The fraction of sp³-hybridized carbons (Fsp3) is 0.250. The summed E-state index contributed by atoms with van der Waals surface area (Å²) < 4.78 is 13.6. The summed E-state index contributed by atoms with van der Waals surface area (Å²) in [5, 5.41) is 9.79. The molecule has 0 saturated heterocycles. The van der Waals surface area contributed by atoms with Crippen LogP contribution >= 0.6 is 11.8 Å². The molecule has 0 heterocycles. The summed E-state index contributed by atoms with van der Waals surface area (Å²) in [6.07, 6.45) is -0.679. The van der Waals surface area contributed by atoms with Gasteiger partial charge in [0.05, 0.1) is 6.10 Å². The first-order valence-corrected chi connectivity index (χ1v) is 7.02. The van der Waals surface area contributed by atoms with Crippen LogP contribution in [0.1, 0.15) is 29.7 Å². The summed E-state index contributed by atoms with van der Waals surface area (Å²) in [6.45, 7) is 5.44. The van der Waals surface area contributed by atoms with Crippen molar-refractivity contribution in [2.24, 2.45) is 0 Å². The first-order chi connectivity index (χ1) is 8.99. The molecule has 3 heteroatoms. The monoisotopic (exact) mass is 276 g/mol. The number of hydrogen-bond donors (Lipinski definition) is 1. The van der Waals surface area contributed by atoms with Crippen molar-refractivity contribution in [3.8, 4) is 0 Å². The van der Waals surface area contributed by atoms with Crippen LogP contribution in [0.2, 0.25) is 0 Å². The number of aliphatic hydroxyl groups is 1. The molecular weight excluding hydrogens is 259 g/mol. The largest absolute Gasteiger partial charge is 0.389 e. The molecule has 0 amide bonds. The van der Waals surface area contributed by atoms with Crippen LogP contribution in [0.4, 0.5) is 4.39 Å². The van der Waals surface area contributed by atoms with Crippen LogP contribution < -0.4 is 0 Å². The first-order valence-electron chi connectivity index (χ1n) is 6.20.